The van der Waals surface area contributed by atoms with Gasteiger partial charge in [-0.15, -0.1) is 4.80 Å². The van der Waals surface area contributed by atoms with Crippen LogP contribution in [0.25, 0.3) is 15.2 Å². The zero-order valence-electron chi connectivity index (χ0n) is 20.6. The highest BCUT2D eigenvalue weighted by molar-refractivity contribution is 7.21. The number of nitrogens with one attached hydrogen (secondary N) is 1. The minimum absolute atomic E-state index is 0.0143. The predicted molar refractivity (Wildman–Crippen MR) is 135 cm³/mol. The van der Waals surface area contributed by atoms with Crippen LogP contribution in [0.1, 0.15) is 29.7 Å². The maximum atomic E-state index is 14.3. The van der Waals surface area contributed by atoms with Crippen molar-refractivity contribution in [2.45, 2.75) is 32.0 Å². The number of carbonyl (C=O) groups is 1. The van der Waals surface area contributed by atoms with Crippen molar-refractivity contribution in [2.75, 3.05) is 26.9 Å². The van der Waals surface area contributed by atoms with Crippen LogP contribution >= 0.6 is 11.3 Å². The van der Waals surface area contributed by atoms with Gasteiger partial charge >= 0.3 is 5.69 Å². The molecule has 1 aliphatic heterocycles. The van der Waals surface area contributed by atoms with E-state index in [1.807, 2.05) is 0 Å². The van der Waals surface area contributed by atoms with Crippen molar-refractivity contribution in [3.05, 3.63) is 68.4 Å². The average Bonchev–Trinajstić information content (AvgIpc) is 3.64. The minimum Gasteiger partial charge on any atom is -0.496 e. The van der Waals surface area contributed by atoms with Gasteiger partial charge in [0, 0.05) is 24.1 Å². The normalized spacial score (nSPS) is 16.2. The largest absolute Gasteiger partial charge is 0.496 e. The zero-order chi connectivity index (χ0) is 27.0. The number of thiophene rings is 1. The summed E-state index contributed by atoms with van der Waals surface area (Å²) in [6, 6.07) is 3.26. The Morgan fingerprint density at radius 3 is 2.68 bits per heavy atom. The molecule has 0 unspecified atom stereocenters. The van der Waals surface area contributed by atoms with Crippen LogP contribution in [0.3, 0.4) is 0 Å². The third-order valence-electron chi connectivity index (χ3n) is 6.44. The quantitative estimate of drug-likeness (QED) is 0.319. The summed E-state index contributed by atoms with van der Waals surface area (Å²) in [7, 11) is 1.43. The summed E-state index contributed by atoms with van der Waals surface area (Å²) in [5.41, 5.74) is -0.259. The van der Waals surface area contributed by atoms with E-state index in [1.54, 1.807) is 6.92 Å². The second-order valence-corrected chi connectivity index (χ2v) is 9.71. The summed E-state index contributed by atoms with van der Waals surface area (Å²) in [5, 5.41) is 21.3. The number of halogens is 1. The number of benzene rings is 1. The Labute approximate surface area is 218 Å². The lowest BCUT2D eigenvalue weighted by atomic mass is 10.1. The second-order valence-electron chi connectivity index (χ2n) is 8.73. The fourth-order valence-electron chi connectivity index (χ4n) is 4.68. The van der Waals surface area contributed by atoms with Gasteiger partial charge in [-0.2, -0.15) is 10.2 Å². The molecule has 0 saturated carbocycles. The number of hydrogen-bond acceptors (Lipinski definition) is 9. The van der Waals surface area contributed by atoms with E-state index in [9.17, 15) is 23.9 Å². The molecule has 0 aliphatic carbocycles. The molecule has 3 aromatic heterocycles. The molecule has 1 amide bonds. The van der Waals surface area contributed by atoms with Crippen molar-refractivity contribution in [3.63, 3.8) is 0 Å². The number of hydrogen-bond donors (Lipinski definition) is 2. The van der Waals surface area contributed by atoms with E-state index in [2.05, 4.69) is 15.5 Å². The SMILES string of the molecule is COc1ccc(F)cc1[C@H](Cn1c(=O)n([C@@H]2CNC(=O)C2)c(=O)c2c(C)c(-n3nccn3)sc21)OCCO. The monoisotopic (exact) mass is 544 g/mol. The van der Waals surface area contributed by atoms with Gasteiger partial charge in [-0.05, 0) is 25.1 Å². The number of nitrogens with zero attached hydrogens (tertiary/aromatic N) is 5. The van der Waals surface area contributed by atoms with Crippen molar-refractivity contribution >= 4 is 27.5 Å². The standard InChI is InChI=1S/C24H25FN6O6S/c1-13-20-21(34)30(15-10-19(33)26-11-15)24(35)29(23(20)38-22(13)31-27-5-6-28-31)12-18(37-8-7-32)16-9-14(25)3-4-17(16)36-2/h3-6,9,15,18,32H,7-8,10-12H2,1-2H3,(H,26,33)/t15-,18-/m0/s1. The van der Waals surface area contributed by atoms with E-state index >= 15 is 0 Å². The van der Waals surface area contributed by atoms with Gasteiger partial charge in [0.05, 0.1) is 50.7 Å². The number of methoxy groups -OCH3 is 1. The molecular formula is C24H25FN6O6S. The third-order valence-corrected chi connectivity index (χ3v) is 7.72. The molecule has 14 heteroatoms. The number of ether oxygens (including phenoxy) is 2. The Hall–Kier alpha value is -3.88. The van der Waals surface area contributed by atoms with Gasteiger partial charge in [0.25, 0.3) is 5.56 Å². The van der Waals surface area contributed by atoms with Crippen molar-refractivity contribution < 1.29 is 23.8 Å². The van der Waals surface area contributed by atoms with Crippen LogP contribution in [-0.4, -0.2) is 62.0 Å². The van der Waals surface area contributed by atoms with Crippen molar-refractivity contribution in [1.82, 2.24) is 29.4 Å². The number of fused-ring (bicyclic) bond motifs is 1. The molecule has 4 heterocycles. The van der Waals surface area contributed by atoms with E-state index in [-0.39, 0.29) is 44.0 Å². The number of amides is 1. The van der Waals surface area contributed by atoms with Crippen LogP contribution < -0.4 is 21.3 Å². The van der Waals surface area contributed by atoms with Gasteiger partial charge in [0.1, 0.15) is 27.5 Å². The van der Waals surface area contributed by atoms with Gasteiger partial charge in [0.2, 0.25) is 5.91 Å². The number of aliphatic hydroxyl groups is 1. The molecule has 1 fully saturated rings. The van der Waals surface area contributed by atoms with Crippen LogP contribution in [0, 0.1) is 12.7 Å². The highest BCUT2D eigenvalue weighted by atomic mass is 32.1. The topological polar surface area (TPSA) is 142 Å². The van der Waals surface area contributed by atoms with Gasteiger partial charge in [0.15, 0.2) is 0 Å². The fourth-order valence-corrected chi connectivity index (χ4v) is 5.90. The van der Waals surface area contributed by atoms with Crippen LogP contribution in [0.15, 0.2) is 40.2 Å². The highest BCUT2D eigenvalue weighted by Crippen LogP contribution is 2.34. The Morgan fingerprint density at radius 2 is 2.03 bits per heavy atom. The summed E-state index contributed by atoms with van der Waals surface area (Å²) >= 11 is 1.16. The number of rotatable bonds is 9. The molecule has 0 radical (unpaired) electrons. The molecule has 0 spiro atoms. The summed E-state index contributed by atoms with van der Waals surface area (Å²) < 4.78 is 28.0. The van der Waals surface area contributed by atoms with Gasteiger partial charge in [-0.1, -0.05) is 11.3 Å². The lowest BCUT2D eigenvalue weighted by Gasteiger charge is -2.23. The lowest BCUT2D eigenvalue weighted by molar-refractivity contribution is -0.119. The second kappa shape index (κ2) is 10.5. The molecular weight excluding hydrogens is 519 g/mol. The molecule has 2 atom stereocenters. The number of aliphatic hydroxyl groups excluding tert-OH is 1. The van der Waals surface area contributed by atoms with E-state index in [1.165, 1.54) is 47.1 Å². The van der Waals surface area contributed by atoms with E-state index < -0.39 is 29.2 Å². The van der Waals surface area contributed by atoms with E-state index in [4.69, 9.17) is 9.47 Å². The Morgan fingerprint density at radius 1 is 1.26 bits per heavy atom. The number of aromatic nitrogens is 5. The molecule has 4 aromatic rings. The lowest BCUT2D eigenvalue weighted by Crippen LogP contribution is -2.43. The molecule has 2 N–H and O–H groups in total. The summed E-state index contributed by atoms with van der Waals surface area (Å²) in [6.07, 6.45) is 2.07. The fraction of sp³-hybridized carbons (Fsp3) is 0.375. The summed E-state index contributed by atoms with van der Waals surface area (Å²) in [6.45, 7) is 1.36. The zero-order valence-corrected chi connectivity index (χ0v) is 21.4. The molecule has 1 saturated heterocycles. The van der Waals surface area contributed by atoms with Crippen molar-refractivity contribution in [2.24, 2.45) is 0 Å². The van der Waals surface area contributed by atoms with Crippen molar-refractivity contribution in [1.29, 1.82) is 0 Å². The molecule has 38 heavy (non-hydrogen) atoms. The Kier molecular flexibility index (Phi) is 7.10. The van der Waals surface area contributed by atoms with Crippen LogP contribution in [-0.2, 0) is 16.1 Å². The molecule has 200 valence electrons. The third kappa shape index (κ3) is 4.50. The van der Waals surface area contributed by atoms with Gasteiger partial charge in [-0.3, -0.25) is 18.7 Å². The average molecular weight is 545 g/mol. The first-order chi connectivity index (χ1) is 18.3. The highest BCUT2D eigenvalue weighted by Gasteiger charge is 2.31. The Bertz CT molecular complexity index is 1610. The smallest absolute Gasteiger partial charge is 0.332 e. The predicted octanol–water partition coefficient (Wildman–Crippen LogP) is 1.07. The van der Waals surface area contributed by atoms with Crippen LogP contribution in [0.4, 0.5) is 4.39 Å². The maximum Gasteiger partial charge on any atom is 0.332 e. The van der Waals surface area contributed by atoms with Crippen molar-refractivity contribution in [3.8, 4) is 10.8 Å². The molecule has 12 nitrogen and oxygen atoms in total. The Balaban J connectivity index is 1.75. The maximum absolute atomic E-state index is 14.3. The number of aryl methyl sites for hydroxylation is 1. The summed E-state index contributed by atoms with van der Waals surface area (Å²) in [4.78, 5) is 41.3. The van der Waals surface area contributed by atoms with Gasteiger partial charge in [-0.25, -0.2) is 9.18 Å². The van der Waals surface area contributed by atoms with E-state index in [0.717, 1.165) is 15.9 Å². The molecule has 1 aliphatic rings. The van der Waals surface area contributed by atoms with E-state index in [0.29, 0.717) is 26.7 Å². The first-order valence-corrected chi connectivity index (χ1v) is 12.6. The first kappa shape index (κ1) is 25.8. The van der Waals surface area contributed by atoms with Crippen LogP contribution in [0.2, 0.25) is 0 Å². The van der Waals surface area contributed by atoms with Gasteiger partial charge < -0.3 is 19.9 Å². The first-order valence-electron chi connectivity index (χ1n) is 11.8. The number of carbonyl (C=O) groups excluding carboxylic acids is 1. The molecule has 1 aromatic carbocycles. The summed E-state index contributed by atoms with van der Waals surface area (Å²) in [5.74, 6) is -0.457. The molecule has 0 bridgehead atoms. The minimum atomic E-state index is -0.920. The molecule has 5 rings (SSSR count). The van der Waals surface area contributed by atoms with Crippen LogP contribution in [0.5, 0.6) is 5.75 Å².